The van der Waals surface area contributed by atoms with E-state index >= 15 is 4.39 Å². The molecule has 2 aromatic heterocycles. The van der Waals surface area contributed by atoms with Crippen molar-refractivity contribution in [2.45, 2.75) is 6.92 Å². The predicted molar refractivity (Wildman–Crippen MR) is 142 cm³/mol. The Labute approximate surface area is 202 Å². The molecule has 0 unspecified atom stereocenters. The molecule has 0 amide bonds. The largest absolute Gasteiger partial charge is 0.213 e. The number of aryl methyl sites for hydroxylation is 2. The molecule has 34 heavy (non-hydrogen) atoms. The first-order valence-corrected chi connectivity index (χ1v) is 12.2. The summed E-state index contributed by atoms with van der Waals surface area (Å²) in [6.07, 6.45) is 2.07. The lowest BCUT2D eigenvalue weighted by Gasteiger charge is -2.07. The number of nitrogens with zero attached hydrogens (tertiary/aromatic N) is 1. The molecule has 6 aromatic rings. The summed E-state index contributed by atoms with van der Waals surface area (Å²) in [6, 6.07) is 32.6. The van der Waals surface area contributed by atoms with Crippen LogP contribution in [0.2, 0.25) is 0 Å². The summed E-state index contributed by atoms with van der Waals surface area (Å²) in [4.78, 5) is 0. The van der Waals surface area contributed by atoms with Crippen LogP contribution in [-0.4, -0.2) is 0 Å². The zero-order valence-electron chi connectivity index (χ0n) is 19.0. The third-order valence-corrected chi connectivity index (χ3v) is 7.82. The van der Waals surface area contributed by atoms with Crippen LogP contribution in [0.5, 0.6) is 0 Å². The zero-order chi connectivity index (χ0) is 23.2. The molecule has 0 bridgehead atoms. The van der Waals surface area contributed by atoms with Gasteiger partial charge in [-0.15, -0.1) is 11.3 Å². The van der Waals surface area contributed by atoms with Crippen molar-refractivity contribution in [1.82, 2.24) is 0 Å². The normalized spacial score (nSPS) is 11.4. The molecule has 3 heteroatoms. The monoisotopic (exact) mass is 460 g/mol. The lowest BCUT2D eigenvalue weighted by atomic mass is 9.97. The van der Waals surface area contributed by atoms with Crippen molar-refractivity contribution < 1.29 is 8.96 Å². The number of fused-ring (bicyclic) bond motifs is 3. The van der Waals surface area contributed by atoms with E-state index in [1.807, 2.05) is 42.5 Å². The number of hydrogen-bond donors (Lipinski definition) is 0. The van der Waals surface area contributed by atoms with Gasteiger partial charge < -0.3 is 0 Å². The van der Waals surface area contributed by atoms with Gasteiger partial charge in [0, 0.05) is 37.9 Å². The van der Waals surface area contributed by atoms with E-state index in [0.29, 0.717) is 5.56 Å². The van der Waals surface area contributed by atoms with Crippen LogP contribution < -0.4 is 4.57 Å². The van der Waals surface area contributed by atoms with E-state index in [2.05, 4.69) is 73.3 Å². The standard InChI is InChI=1S/C31H23FNS/c1-20-11-16-24-25-17-18-26(32)29(23-14-12-22(13-15-23)21-8-4-3-5-9-21)31(25)34-30(24)28(20)27-10-6-7-19-33(27)2/h3-19H,1-2H3/q+1. The summed E-state index contributed by atoms with van der Waals surface area (Å²) < 4.78 is 19.7. The zero-order valence-corrected chi connectivity index (χ0v) is 19.9. The number of rotatable bonds is 3. The summed E-state index contributed by atoms with van der Waals surface area (Å²) in [5.74, 6) is -0.185. The third kappa shape index (κ3) is 3.32. The topological polar surface area (TPSA) is 3.88 Å². The van der Waals surface area contributed by atoms with Crippen LogP contribution in [0.3, 0.4) is 0 Å². The van der Waals surface area contributed by atoms with Crippen LogP contribution in [0.4, 0.5) is 4.39 Å². The number of thiophene rings is 1. The first kappa shape index (κ1) is 20.8. The molecule has 0 radical (unpaired) electrons. The lowest BCUT2D eigenvalue weighted by Crippen LogP contribution is -2.30. The number of aromatic nitrogens is 1. The van der Waals surface area contributed by atoms with E-state index in [0.717, 1.165) is 32.5 Å². The Bertz CT molecular complexity index is 1660. The second-order valence-electron chi connectivity index (χ2n) is 8.68. The highest BCUT2D eigenvalue weighted by molar-refractivity contribution is 7.26. The molecule has 1 nitrogen and oxygen atoms in total. The van der Waals surface area contributed by atoms with E-state index < -0.39 is 0 Å². The number of benzene rings is 4. The molecule has 4 aromatic carbocycles. The van der Waals surface area contributed by atoms with Gasteiger partial charge in [-0.2, -0.15) is 0 Å². The Morgan fingerprint density at radius 3 is 1.97 bits per heavy atom. The molecule has 0 aliphatic rings. The quantitative estimate of drug-likeness (QED) is 0.234. The maximum Gasteiger partial charge on any atom is 0.213 e. The predicted octanol–water partition coefficient (Wildman–Crippen LogP) is 8.33. The average Bonchev–Trinajstić information content (AvgIpc) is 3.24. The van der Waals surface area contributed by atoms with Gasteiger partial charge in [-0.3, -0.25) is 0 Å². The Balaban J connectivity index is 1.59. The molecule has 2 heterocycles. The molecule has 0 spiro atoms. The van der Waals surface area contributed by atoms with Gasteiger partial charge in [0.05, 0.1) is 5.56 Å². The highest BCUT2D eigenvalue weighted by Crippen LogP contribution is 2.45. The van der Waals surface area contributed by atoms with E-state index in [9.17, 15) is 0 Å². The van der Waals surface area contributed by atoms with Gasteiger partial charge >= 0.3 is 0 Å². The van der Waals surface area contributed by atoms with E-state index in [1.54, 1.807) is 17.4 Å². The molecule has 0 aliphatic heterocycles. The summed E-state index contributed by atoms with van der Waals surface area (Å²) in [5, 5.41) is 2.27. The Morgan fingerprint density at radius 1 is 0.618 bits per heavy atom. The number of hydrogen-bond acceptors (Lipinski definition) is 1. The highest BCUT2D eigenvalue weighted by atomic mass is 32.1. The number of halogens is 1. The fourth-order valence-corrected chi connectivity index (χ4v) is 6.27. The molecular formula is C31H23FNS+. The molecule has 0 atom stereocenters. The highest BCUT2D eigenvalue weighted by Gasteiger charge is 2.21. The van der Waals surface area contributed by atoms with Crippen molar-refractivity contribution in [1.29, 1.82) is 0 Å². The molecule has 0 N–H and O–H groups in total. The van der Waals surface area contributed by atoms with E-state index in [1.165, 1.54) is 21.2 Å². The fourth-order valence-electron chi connectivity index (χ4n) is 4.81. The van der Waals surface area contributed by atoms with Gasteiger partial charge in [0.25, 0.3) is 0 Å². The second kappa shape index (κ2) is 8.19. The molecule has 0 saturated heterocycles. The molecular weight excluding hydrogens is 437 g/mol. The number of pyridine rings is 1. The Kier molecular flexibility index (Phi) is 5.00. The van der Waals surface area contributed by atoms with Crippen LogP contribution in [-0.2, 0) is 7.05 Å². The Hall–Kier alpha value is -3.82. The fraction of sp³-hybridized carbons (Fsp3) is 0.0645. The van der Waals surface area contributed by atoms with Crippen molar-refractivity contribution in [2.75, 3.05) is 0 Å². The van der Waals surface area contributed by atoms with Crippen LogP contribution in [0.25, 0.3) is 53.7 Å². The first-order chi connectivity index (χ1) is 16.6. The summed E-state index contributed by atoms with van der Waals surface area (Å²) in [6.45, 7) is 2.15. The summed E-state index contributed by atoms with van der Waals surface area (Å²) in [7, 11) is 2.07. The van der Waals surface area contributed by atoms with E-state index in [-0.39, 0.29) is 5.82 Å². The molecule has 164 valence electrons. The second-order valence-corrected chi connectivity index (χ2v) is 9.70. The van der Waals surface area contributed by atoms with Crippen molar-refractivity contribution in [3.05, 3.63) is 115 Å². The van der Waals surface area contributed by atoms with Gasteiger partial charge in [0.15, 0.2) is 6.20 Å². The van der Waals surface area contributed by atoms with Crippen molar-refractivity contribution in [2.24, 2.45) is 7.05 Å². The minimum absolute atomic E-state index is 0.185. The first-order valence-electron chi connectivity index (χ1n) is 11.4. The lowest BCUT2D eigenvalue weighted by molar-refractivity contribution is -0.660. The minimum atomic E-state index is -0.185. The van der Waals surface area contributed by atoms with Crippen molar-refractivity contribution in [3.63, 3.8) is 0 Å². The molecule has 0 fully saturated rings. The van der Waals surface area contributed by atoms with Crippen LogP contribution in [0, 0.1) is 12.7 Å². The van der Waals surface area contributed by atoms with E-state index in [4.69, 9.17) is 0 Å². The van der Waals surface area contributed by atoms with Crippen molar-refractivity contribution >= 4 is 31.5 Å². The van der Waals surface area contributed by atoms with Crippen LogP contribution in [0.1, 0.15) is 5.56 Å². The summed E-state index contributed by atoms with van der Waals surface area (Å²) >= 11 is 1.69. The molecule has 0 aliphatic carbocycles. The third-order valence-electron chi connectivity index (χ3n) is 6.56. The van der Waals surface area contributed by atoms with Crippen molar-refractivity contribution in [3.8, 4) is 33.5 Å². The smallest absolute Gasteiger partial charge is 0.206 e. The maximum atomic E-state index is 15.3. The van der Waals surface area contributed by atoms with Gasteiger partial charge in [0.2, 0.25) is 5.69 Å². The van der Waals surface area contributed by atoms with Gasteiger partial charge in [-0.05, 0) is 47.4 Å². The molecule has 6 rings (SSSR count). The Morgan fingerprint density at radius 2 is 1.24 bits per heavy atom. The minimum Gasteiger partial charge on any atom is -0.206 e. The average molecular weight is 461 g/mol. The van der Waals surface area contributed by atoms with Crippen LogP contribution >= 0.6 is 11.3 Å². The van der Waals surface area contributed by atoms with Gasteiger partial charge in [-0.25, -0.2) is 8.96 Å². The molecule has 0 saturated carbocycles. The van der Waals surface area contributed by atoms with Gasteiger partial charge in [0.1, 0.15) is 12.9 Å². The maximum absolute atomic E-state index is 15.3. The SMILES string of the molecule is Cc1ccc2c(sc3c(-c4ccc(-c5ccccc5)cc4)c(F)ccc32)c1-c1cccc[n+]1C. The van der Waals surface area contributed by atoms with Gasteiger partial charge in [-0.1, -0.05) is 66.7 Å². The van der Waals surface area contributed by atoms with Crippen LogP contribution in [0.15, 0.2) is 103 Å². The summed E-state index contributed by atoms with van der Waals surface area (Å²) in [5.41, 5.74) is 7.46.